The number of carbonyl (C=O) groups is 1. The van der Waals surface area contributed by atoms with Crippen molar-refractivity contribution in [3.8, 4) is 0 Å². The first-order chi connectivity index (χ1) is 11.1. The van der Waals surface area contributed by atoms with E-state index < -0.39 is 0 Å². The Morgan fingerprint density at radius 1 is 1.30 bits per heavy atom. The van der Waals surface area contributed by atoms with Crippen molar-refractivity contribution in [3.05, 3.63) is 53.4 Å². The average molecular weight is 330 g/mol. The Balaban J connectivity index is 2.20. The van der Waals surface area contributed by atoms with E-state index in [0.29, 0.717) is 23.0 Å². The van der Waals surface area contributed by atoms with Crippen LogP contribution in [0.2, 0.25) is 5.02 Å². The number of nitrogens with zero attached hydrogens (tertiary/aromatic N) is 2. The minimum Gasteiger partial charge on any atom is -0.461 e. The number of rotatable bonds is 4. The van der Waals surface area contributed by atoms with Gasteiger partial charge in [0.15, 0.2) is 5.69 Å². The Bertz CT molecular complexity index is 859. The second-order valence-corrected chi connectivity index (χ2v) is 5.46. The standard InChI is InChI=1S/C17H16ClN3O2/c1-3-23-17(22)16-15(20-12-6-8-19-9-7-12)13-5-4-11(18)10-14(13)21(16)2/h4-10H,3H2,1-2H3,(H,19,20). The third kappa shape index (κ3) is 2.87. The van der Waals surface area contributed by atoms with E-state index in [1.165, 1.54) is 0 Å². The lowest BCUT2D eigenvalue weighted by Gasteiger charge is -2.09. The van der Waals surface area contributed by atoms with Crippen molar-refractivity contribution in [1.29, 1.82) is 0 Å². The zero-order valence-electron chi connectivity index (χ0n) is 12.8. The zero-order chi connectivity index (χ0) is 16.4. The number of aromatic nitrogens is 2. The van der Waals surface area contributed by atoms with Crippen molar-refractivity contribution in [2.75, 3.05) is 11.9 Å². The third-order valence-electron chi connectivity index (χ3n) is 3.58. The summed E-state index contributed by atoms with van der Waals surface area (Å²) in [5.74, 6) is -0.376. The van der Waals surface area contributed by atoms with Crippen LogP contribution in [0.15, 0.2) is 42.7 Å². The van der Waals surface area contributed by atoms with E-state index in [1.54, 1.807) is 30.0 Å². The van der Waals surface area contributed by atoms with Gasteiger partial charge in [-0.2, -0.15) is 0 Å². The average Bonchev–Trinajstić information content (AvgIpc) is 2.81. The molecule has 0 saturated heterocycles. The predicted molar refractivity (Wildman–Crippen MR) is 91.4 cm³/mol. The van der Waals surface area contributed by atoms with E-state index >= 15 is 0 Å². The molecule has 0 bridgehead atoms. The third-order valence-corrected chi connectivity index (χ3v) is 3.82. The molecule has 23 heavy (non-hydrogen) atoms. The monoisotopic (exact) mass is 329 g/mol. The number of nitrogens with one attached hydrogen (secondary N) is 1. The van der Waals surface area contributed by atoms with Gasteiger partial charge in [0.2, 0.25) is 0 Å². The molecule has 0 radical (unpaired) electrons. The molecule has 118 valence electrons. The normalized spacial score (nSPS) is 10.7. The molecule has 3 aromatic rings. The fourth-order valence-corrected chi connectivity index (χ4v) is 2.72. The van der Waals surface area contributed by atoms with Crippen LogP contribution in [0.25, 0.3) is 10.9 Å². The van der Waals surface area contributed by atoms with Crippen LogP contribution >= 0.6 is 11.6 Å². The van der Waals surface area contributed by atoms with Crippen molar-refractivity contribution in [3.63, 3.8) is 0 Å². The summed E-state index contributed by atoms with van der Waals surface area (Å²) in [5.41, 5.74) is 2.86. The summed E-state index contributed by atoms with van der Waals surface area (Å²) in [6.45, 7) is 2.10. The first-order valence-electron chi connectivity index (χ1n) is 7.24. The van der Waals surface area contributed by atoms with Gasteiger partial charge in [-0.05, 0) is 37.3 Å². The van der Waals surface area contributed by atoms with E-state index in [4.69, 9.17) is 16.3 Å². The van der Waals surface area contributed by atoms with Gasteiger partial charge in [-0.15, -0.1) is 0 Å². The lowest BCUT2D eigenvalue weighted by atomic mass is 10.2. The number of aryl methyl sites for hydroxylation is 1. The fraction of sp³-hybridized carbons (Fsp3) is 0.176. The van der Waals surface area contributed by atoms with Crippen molar-refractivity contribution in [2.45, 2.75) is 6.92 Å². The van der Waals surface area contributed by atoms with Gasteiger partial charge < -0.3 is 14.6 Å². The molecule has 3 rings (SSSR count). The highest BCUT2D eigenvalue weighted by Gasteiger charge is 2.22. The minimum absolute atomic E-state index is 0.315. The van der Waals surface area contributed by atoms with Crippen LogP contribution in [0, 0.1) is 0 Å². The Morgan fingerprint density at radius 3 is 2.74 bits per heavy atom. The number of esters is 1. The molecular formula is C17H16ClN3O2. The van der Waals surface area contributed by atoms with Gasteiger partial charge in [0.05, 0.1) is 17.8 Å². The molecule has 2 aromatic heterocycles. The SMILES string of the molecule is CCOC(=O)c1c(Nc2ccncc2)c2ccc(Cl)cc2n1C. The number of pyridine rings is 1. The van der Waals surface area contributed by atoms with Crippen LogP contribution in [-0.2, 0) is 11.8 Å². The van der Waals surface area contributed by atoms with Crippen LogP contribution in [0.3, 0.4) is 0 Å². The van der Waals surface area contributed by atoms with Crippen LogP contribution in [-0.4, -0.2) is 22.1 Å². The van der Waals surface area contributed by atoms with Gasteiger partial charge in [0, 0.05) is 35.5 Å². The molecular weight excluding hydrogens is 314 g/mol. The molecule has 0 aliphatic rings. The van der Waals surface area contributed by atoms with Gasteiger partial charge in [0.25, 0.3) is 0 Å². The summed E-state index contributed by atoms with van der Waals surface area (Å²) in [5, 5.41) is 4.80. The van der Waals surface area contributed by atoms with E-state index in [9.17, 15) is 4.79 Å². The lowest BCUT2D eigenvalue weighted by Crippen LogP contribution is -2.11. The van der Waals surface area contributed by atoms with Gasteiger partial charge >= 0.3 is 5.97 Å². The molecule has 0 fully saturated rings. The number of carbonyl (C=O) groups excluding carboxylic acids is 1. The molecule has 0 aliphatic heterocycles. The molecule has 0 amide bonds. The predicted octanol–water partition coefficient (Wildman–Crippen LogP) is 4.15. The first kappa shape index (κ1) is 15.4. The molecule has 1 aromatic carbocycles. The highest BCUT2D eigenvalue weighted by molar-refractivity contribution is 6.31. The number of hydrogen-bond acceptors (Lipinski definition) is 4. The number of halogens is 1. The molecule has 5 nitrogen and oxygen atoms in total. The first-order valence-corrected chi connectivity index (χ1v) is 7.61. The molecule has 2 heterocycles. The van der Waals surface area contributed by atoms with Gasteiger partial charge in [-0.1, -0.05) is 11.6 Å². The largest absolute Gasteiger partial charge is 0.461 e. The summed E-state index contributed by atoms with van der Waals surface area (Å²) in [6.07, 6.45) is 3.38. The second kappa shape index (κ2) is 6.30. The Labute approximate surface area is 138 Å². The molecule has 0 unspecified atom stereocenters. The van der Waals surface area contributed by atoms with Crippen LogP contribution in [0.4, 0.5) is 11.4 Å². The van der Waals surface area contributed by atoms with Crippen molar-refractivity contribution in [1.82, 2.24) is 9.55 Å². The second-order valence-electron chi connectivity index (χ2n) is 5.03. The molecule has 0 aliphatic carbocycles. The molecule has 0 atom stereocenters. The number of hydrogen-bond donors (Lipinski definition) is 1. The Morgan fingerprint density at radius 2 is 2.04 bits per heavy atom. The van der Waals surface area contributed by atoms with Gasteiger partial charge in [0.1, 0.15) is 0 Å². The fourth-order valence-electron chi connectivity index (χ4n) is 2.55. The lowest BCUT2D eigenvalue weighted by molar-refractivity contribution is 0.0517. The summed E-state index contributed by atoms with van der Waals surface area (Å²) >= 11 is 6.09. The van der Waals surface area contributed by atoms with E-state index in [-0.39, 0.29) is 5.97 Å². The maximum atomic E-state index is 12.4. The summed E-state index contributed by atoms with van der Waals surface area (Å²) in [7, 11) is 1.82. The number of ether oxygens (including phenoxy) is 1. The van der Waals surface area contributed by atoms with Gasteiger partial charge in [-0.3, -0.25) is 4.98 Å². The molecule has 0 spiro atoms. The number of benzene rings is 1. The number of fused-ring (bicyclic) bond motifs is 1. The van der Waals surface area contributed by atoms with E-state index in [0.717, 1.165) is 16.6 Å². The minimum atomic E-state index is -0.376. The van der Waals surface area contributed by atoms with Crippen molar-refractivity contribution in [2.24, 2.45) is 7.05 Å². The molecule has 6 heteroatoms. The topological polar surface area (TPSA) is 56.1 Å². The highest BCUT2D eigenvalue weighted by Crippen LogP contribution is 2.34. The maximum absolute atomic E-state index is 12.4. The smallest absolute Gasteiger partial charge is 0.357 e. The Kier molecular flexibility index (Phi) is 4.21. The van der Waals surface area contributed by atoms with E-state index in [1.807, 2.05) is 31.3 Å². The van der Waals surface area contributed by atoms with Crippen LogP contribution < -0.4 is 5.32 Å². The van der Waals surface area contributed by atoms with Crippen molar-refractivity contribution >= 4 is 39.8 Å². The molecule has 1 N–H and O–H groups in total. The van der Waals surface area contributed by atoms with Crippen molar-refractivity contribution < 1.29 is 9.53 Å². The van der Waals surface area contributed by atoms with Crippen LogP contribution in [0.5, 0.6) is 0 Å². The van der Waals surface area contributed by atoms with Gasteiger partial charge in [-0.25, -0.2) is 4.79 Å². The maximum Gasteiger partial charge on any atom is 0.357 e. The number of anilines is 2. The summed E-state index contributed by atoms with van der Waals surface area (Å²) < 4.78 is 7.00. The molecule has 0 saturated carbocycles. The highest BCUT2D eigenvalue weighted by atomic mass is 35.5. The van der Waals surface area contributed by atoms with Crippen LogP contribution in [0.1, 0.15) is 17.4 Å². The zero-order valence-corrected chi connectivity index (χ0v) is 13.6. The quantitative estimate of drug-likeness (QED) is 0.731. The summed E-state index contributed by atoms with van der Waals surface area (Å²) in [4.78, 5) is 16.4. The summed E-state index contributed by atoms with van der Waals surface area (Å²) in [6, 6.07) is 9.20. The Hall–Kier alpha value is -2.53. The van der Waals surface area contributed by atoms with E-state index in [2.05, 4.69) is 10.3 Å².